The third kappa shape index (κ3) is 4.71. The van der Waals surface area contributed by atoms with Crippen molar-refractivity contribution >= 4 is 11.9 Å². The molecule has 0 saturated heterocycles. The molecule has 0 aliphatic carbocycles. The molecule has 0 saturated carbocycles. The van der Waals surface area contributed by atoms with Crippen LogP contribution in [0.15, 0.2) is 0 Å². The predicted molar refractivity (Wildman–Crippen MR) is 44.2 cm³/mol. The van der Waals surface area contributed by atoms with Crippen LogP contribution >= 0.6 is 0 Å². The fraction of sp³-hybridized carbons (Fsp3) is 0.625. The maximum Gasteiger partial charge on any atom is 0.328 e. The number of ether oxygens (including phenoxy) is 1. The number of rotatable bonds is 4. The van der Waals surface area contributed by atoms with E-state index >= 15 is 0 Å². The molecule has 1 radical (unpaired) electrons. The molecule has 0 aromatic carbocycles. The maximum atomic E-state index is 10.9. The molecule has 0 aromatic rings. The van der Waals surface area contributed by atoms with Crippen molar-refractivity contribution < 1.29 is 14.3 Å². The fourth-order valence-corrected chi connectivity index (χ4v) is 0.608. The SMILES string of the molecule is [CH2]C(NC(C)=O)C(=O)OCCC. The number of amides is 1. The lowest BCUT2D eigenvalue weighted by molar-refractivity contribution is -0.146. The zero-order valence-corrected chi connectivity index (χ0v) is 7.42. The third-order valence-electron chi connectivity index (χ3n) is 1.11. The van der Waals surface area contributed by atoms with E-state index in [1.807, 2.05) is 6.92 Å². The molecular formula is C8H14NO3. The molecule has 4 nitrogen and oxygen atoms in total. The number of carbonyl (C=O) groups excluding carboxylic acids is 2. The molecule has 0 bridgehead atoms. The predicted octanol–water partition coefficient (Wildman–Crippen LogP) is 0.278. The highest BCUT2D eigenvalue weighted by atomic mass is 16.5. The average Bonchev–Trinajstić information content (AvgIpc) is 1.98. The molecule has 12 heavy (non-hydrogen) atoms. The van der Waals surface area contributed by atoms with Crippen molar-refractivity contribution in [3.63, 3.8) is 0 Å². The summed E-state index contributed by atoms with van der Waals surface area (Å²) in [6.07, 6.45) is 0.762. The van der Waals surface area contributed by atoms with Crippen LogP contribution in [-0.2, 0) is 14.3 Å². The average molecular weight is 172 g/mol. The van der Waals surface area contributed by atoms with Gasteiger partial charge in [0.05, 0.1) is 6.61 Å². The Morgan fingerprint density at radius 3 is 2.58 bits per heavy atom. The first kappa shape index (κ1) is 10.9. The highest BCUT2D eigenvalue weighted by molar-refractivity contribution is 5.83. The molecule has 0 fully saturated rings. The number of esters is 1. The molecule has 0 aliphatic rings. The van der Waals surface area contributed by atoms with Crippen molar-refractivity contribution in [2.24, 2.45) is 0 Å². The minimum Gasteiger partial charge on any atom is -0.464 e. The molecule has 1 amide bonds. The summed E-state index contributed by atoms with van der Waals surface area (Å²) in [7, 11) is 0. The summed E-state index contributed by atoms with van der Waals surface area (Å²) in [6, 6.07) is -0.797. The van der Waals surface area contributed by atoms with Gasteiger partial charge < -0.3 is 10.1 Å². The van der Waals surface area contributed by atoms with Crippen LogP contribution in [0.25, 0.3) is 0 Å². The highest BCUT2D eigenvalue weighted by Crippen LogP contribution is 1.88. The summed E-state index contributed by atoms with van der Waals surface area (Å²) in [4.78, 5) is 21.4. The van der Waals surface area contributed by atoms with Crippen LogP contribution in [-0.4, -0.2) is 24.5 Å². The Morgan fingerprint density at radius 2 is 2.17 bits per heavy atom. The first-order valence-corrected chi connectivity index (χ1v) is 3.84. The first-order chi connectivity index (χ1) is 5.57. The maximum absolute atomic E-state index is 10.9. The zero-order valence-electron chi connectivity index (χ0n) is 7.42. The minimum absolute atomic E-state index is 0.288. The zero-order chi connectivity index (χ0) is 9.56. The number of nitrogens with one attached hydrogen (secondary N) is 1. The van der Waals surface area contributed by atoms with E-state index in [2.05, 4.69) is 12.2 Å². The van der Waals surface area contributed by atoms with Crippen molar-refractivity contribution in [2.75, 3.05) is 6.61 Å². The number of carbonyl (C=O) groups is 2. The van der Waals surface area contributed by atoms with E-state index in [0.29, 0.717) is 6.61 Å². The minimum atomic E-state index is -0.797. The van der Waals surface area contributed by atoms with Crippen LogP contribution < -0.4 is 5.32 Å². The molecule has 4 heteroatoms. The van der Waals surface area contributed by atoms with E-state index in [0.717, 1.165) is 6.42 Å². The largest absolute Gasteiger partial charge is 0.464 e. The molecule has 1 N–H and O–H groups in total. The van der Waals surface area contributed by atoms with Gasteiger partial charge in [0.1, 0.15) is 6.04 Å². The Kier molecular flexibility index (Phi) is 5.08. The van der Waals surface area contributed by atoms with Gasteiger partial charge in [0, 0.05) is 6.92 Å². The topological polar surface area (TPSA) is 55.4 Å². The molecule has 0 aliphatic heterocycles. The van der Waals surface area contributed by atoms with Crippen molar-refractivity contribution in [1.82, 2.24) is 5.32 Å². The van der Waals surface area contributed by atoms with E-state index in [-0.39, 0.29) is 5.91 Å². The second-order valence-corrected chi connectivity index (χ2v) is 2.42. The van der Waals surface area contributed by atoms with Crippen LogP contribution in [0.2, 0.25) is 0 Å². The Balaban J connectivity index is 3.69. The summed E-state index contributed by atoms with van der Waals surface area (Å²) < 4.78 is 4.74. The van der Waals surface area contributed by atoms with Gasteiger partial charge in [-0.1, -0.05) is 6.92 Å². The van der Waals surface area contributed by atoms with Crippen molar-refractivity contribution in [1.29, 1.82) is 0 Å². The van der Waals surface area contributed by atoms with Crippen LogP contribution in [0.5, 0.6) is 0 Å². The first-order valence-electron chi connectivity index (χ1n) is 3.84. The smallest absolute Gasteiger partial charge is 0.328 e. The standard InChI is InChI=1S/C8H14NO3/c1-4-5-12-8(11)6(2)9-7(3)10/h6H,2,4-5H2,1,3H3,(H,9,10). The quantitative estimate of drug-likeness (QED) is 0.619. The van der Waals surface area contributed by atoms with Crippen LogP contribution in [0.1, 0.15) is 20.3 Å². The molecule has 0 rings (SSSR count). The van der Waals surface area contributed by atoms with Crippen LogP contribution in [0.4, 0.5) is 0 Å². The van der Waals surface area contributed by atoms with Crippen molar-refractivity contribution in [2.45, 2.75) is 26.3 Å². The van der Waals surface area contributed by atoms with Gasteiger partial charge in [0.25, 0.3) is 0 Å². The second-order valence-electron chi connectivity index (χ2n) is 2.42. The van der Waals surface area contributed by atoms with Gasteiger partial charge in [-0.3, -0.25) is 4.79 Å². The normalized spacial score (nSPS) is 11.9. The van der Waals surface area contributed by atoms with E-state index in [9.17, 15) is 9.59 Å². The molecule has 1 unspecified atom stereocenters. The lowest BCUT2D eigenvalue weighted by Crippen LogP contribution is -2.38. The van der Waals surface area contributed by atoms with Gasteiger partial charge in [-0.15, -0.1) is 0 Å². The summed E-state index contributed by atoms with van der Waals surface area (Å²) in [6.45, 7) is 7.01. The van der Waals surface area contributed by atoms with E-state index in [4.69, 9.17) is 4.74 Å². The Bertz CT molecular complexity index is 168. The molecule has 1 atom stereocenters. The van der Waals surface area contributed by atoms with Crippen LogP contribution in [0.3, 0.4) is 0 Å². The molecule has 0 heterocycles. The van der Waals surface area contributed by atoms with E-state index < -0.39 is 12.0 Å². The summed E-state index contributed by atoms with van der Waals surface area (Å²) in [5.41, 5.74) is 0. The van der Waals surface area contributed by atoms with Gasteiger partial charge in [-0.2, -0.15) is 0 Å². The van der Waals surface area contributed by atoms with Gasteiger partial charge in [0.2, 0.25) is 5.91 Å². The lowest BCUT2D eigenvalue weighted by atomic mass is 10.3. The third-order valence-corrected chi connectivity index (χ3v) is 1.11. The van der Waals surface area contributed by atoms with E-state index in [1.165, 1.54) is 6.92 Å². The molecular weight excluding hydrogens is 158 g/mol. The summed E-state index contributed by atoms with van der Waals surface area (Å²) in [5, 5.41) is 2.33. The lowest BCUT2D eigenvalue weighted by Gasteiger charge is -2.10. The summed E-state index contributed by atoms with van der Waals surface area (Å²) in [5.74, 6) is -0.782. The number of hydrogen-bond donors (Lipinski definition) is 1. The van der Waals surface area contributed by atoms with Crippen LogP contribution in [0, 0.1) is 6.92 Å². The number of hydrogen-bond acceptors (Lipinski definition) is 3. The van der Waals surface area contributed by atoms with E-state index in [1.54, 1.807) is 0 Å². The fourth-order valence-electron chi connectivity index (χ4n) is 0.608. The molecule has 0 spiro atoms. The van der Waals surface area contributed by atoms with Crippen molar-refractivity contribution in [3.8, 4) is 0 Å². The monoisotopic (exact) mass is 172 g/mol. The highest BCUT2D eigenvalue weighted by Gasteiger charge is 2.14. The molecule has 0 aromatic heterocycles. The summed E-state index contributed by atoms with van der Waals surface area (Å²) >= 11 is 0. The Labute approximate surface area is 72.3 Å². The Hall–Kier alpha value is -1.06. The van der Waals surface area contributed by atoms with Gasteiger partial charge >= 0.3 is 5.97 Å². The van der Waals surface area contributed by atoms with Gasteiger partial charge in [-0.05, 0) is 13.3 Å². The second kappa shape index (κ2) is 5.57. The van der Waals surface area contributed by atoms with Crippen molar-refractivity contribution in [3.05, 3.63) is 6.92 Å². The Morgan fingerprint density at radius 1 is 1.58 bits per heavy atom. The van der Waals surface area contributed by atoms with Gasteiger partial charge in [0.15, 0.2) is 0 Å². The molecule has 69 valence electrons. The van der Waals surface area contributed by atoms with Gasteiger partial charge in [-0.25, -0.2) is 4.79 Å².